The third-order valence-corrected chi connectivity index (χ3v) is 9.16. The van der Waals surface area contributed by atoms with E-state index in [1.807, 2.05) is 5.48 Å². The van der Waals surface area contributed by atoms with E-state index in [1.54, 1.807) is 25.3 Å². The van der Waals surface area contributed by atoms with Gasteiger partial charge in [0.2, 0.25) is 5.91 Å². The number of hydrogen-bond acceptors (Lipinski definition) is 7. The Balaban J connectivity index is 1.32. The number of rotatable bonds is 11. The molecule has 1 atom stereocenters. The van der Waals surface area contributed by atoms with Crippen LogP contribution in [0.15, 0.2) is 53.6 Å². The third-order valence-electron chi connectivity index (χ3n) is 7.76. The first-order valence-corrected chi connectivity index (χ1v) is 14.7. The van der Waals surface area contributed by atoms with E-state index in [-0.39, 0.29) is 6.42 Å². The van der Waals surface area contributed by atoms with Crippen molar-refractivity contribution in [2.24, 2.45) is 5.41 Å². The number of carbonyl (C=O) groups excluding carboxylic acids is 1. The number of methoxy groups -OCH3 is 1. The molecule has 0 aliphatic carbocycles. The van der Waals surface area contributed by atoms with Crippen molar-refractivity contribution in [1.82, 2.24) is 15.4 Å². The second-order valence-electron chi connectivity index (χ2n) is 10.2. The fourth-order valence-corrected chi connectivity index (χ4v) is 6.44. The summed E-state index contributed by atoms with van der Waals surface area (Å²) in [5.74, 6) is 0.896. The molecule has 2 heterocycles. The summed E-state index contributed by atoms with van der Waals surface area (Å²) in [5.41, 5.74) is 1.52. The van der Waals surface area contributed by atoms with Crippen molar-refractivity contribution in [3.05, 3.63) is 64.8 Å². The molecule has 12 heteroatoms. The summed E-state index contributed by atoms with van der Waals surface area (Å²) in [6, 6.07) is 10.5. The van der Waals surface area contributed by atoms with Crippen LogP contribution in [0.5, 0.6) is 5.75 Å². The minimum absolute atomic E-state index is 0.257. The molecule has 7 nitrogen and oxygen atoms in total. The number of aliphatic hydroxyl groups is 1. The molecule has 1 saturated heterocycles. The van der Waals surface area contributed by atoms with E-state index in [1.165, 1.54) is 30.1 Å². The lowest BCUT2D eigenvalue weighted by Crippen LogP contribution is -2.48. The van der Waals surface area contributed by atoms with Crippen molar-refractivity contribution in [1.29, 1.82) is 0 Å². The second-order valence-corrected chi connectivity index (χ2v) is 11.8. The van der Waals surface area contributed by atoms with E-state index in [9.17, 15) is 28.3 Å². The number of benzene rings is 2. The average molecular weight is 612 g/mol. The van der Waals surface area contributed by atoms with Crippen LogP contribution >= 0.6 is 23.4 Å². The number of hydroxylamine groups is 1. The fourth-order valence-electron chi connectivity index (χ4n) is 5.32. The largest absolute Gasteiger partial charge is 0.497 e. The van der Waals surface area contributed by atoms with Crippen LogP contribution in [0.4, 0.5) is 13.2 Å². The number of carbonyl (C=O) groups is 1. The summed E-state index contributed by atoms with van der Waals surface area (Å²) < 4.78 is 43.6. The smallest absolute Gasteiger partial charge is 0.416 e. The Kier molecular flexibility index (Phi) is 10.4. The van der Waals surface area contributed by atoms with Gasteiger partial charge in [0.1, 0.15) is 5.75 Å². The van der Waals surface area contributed by atoms with E-state index in [0.717, 1.165) is 35.7 Å². The van der Waals surface area contributed by atoms with Gasteiger partial charge < -0.3 is 14.7 Å². The number of pyridine rings is 1. The highest BCUT2D eigenvalue weighted by molar-refractivity contribution is 7.99. The van der Waals surface area contributed by atoms with Gasteiger partial charge in [0, 0.05) is 22.0 Å². The number of likely N-dealkylation sites (tertiary alicyclic amines) is 1. The molecule has 4 rings (SSSR count). The maximum Gasteiger partial charge on any atom is 0.416 e. The van der Waals surface area contributed by atoms with E-state index in [2.05, 4.69) is 9.88 Å². The Labute approximate surface area is 246 Å². The molecule has 1 aromatic heterocycles. The van der Waals surface area contributed by atoms with Gasteiger partial charge in [-0.3, -0.25) is 15.0 Å². The number of nitrogens with zero attached hydrogens (tertiary/aromatic N) is 2. The Morgan fingerprint density at radius 2 is 1.93 bits per heavy atom. The van der Waals surface area contributed by atoms with Crippen molar-refractivity contribution in [3.8, 4) is 5.75 Å². The van der Waals surface area contributed by atoms with Gasteiger partial charge in [0.05, 0.1) is 34.7 Å². The zero-order valence-corrected chi connectivity index (χ0v) is 24.2. The predicted molar refractivity (Wildman–Crippen MR) is 152 cm³/mol. The number of aliphatic hydroxyl groups excluding tert-OH is 1. The minimum Gasteiger partial charge on any atom is -0.497 e. The molecule has 1 fully saturated rings. The van der Waals surface area contributed by atoms with Crippen molar-refractivity contribution >= 4 is 40.2 Å². The summed E-state index contributed by atoms with van der Waals surface area (Å²) in [7, 11) is 1.55. The van der Waals surface area contributed by atoms with Gasteiger partial charge in [0.25, 0.3) is 0 Å². The van der Waals surface area contributed by atoms with Gasteiger partial charge >= 0.3 is 6.18 Å². The first-order valence-electron chi connectivity index (χ1n) is 13.3. The lowest BCUT2D eigenvalue weighted by atomic mass is 9.73. The number of halogens is 4. The summed E-state index contributed by atoms with van der Waals surface area (Å²) in [4.78, 5) is 20.2. The number of aromatic nitrogens is 1. The maximum atomic E-state index is 12.8. The summed E-state index contributed by atoms with van der Waals surface area (Å²) >= 11 is 7.96. The minimum atomic E-state index is -4.34. The lowest BCUT2D eigenvalue weighted by molar-refractivity contribution is -0.144. The topological polar surface area (TPSA) is 94.9 Å². The molecular weight excluding hydrogens is 579 g/mol. The molecule has 222 valence electrons. The average Bonchev–Trinajstić information content (AvgIpc) is 2.97. The van der Waals surface area contributed by atoms with E-state index in [0.29, 0.717) is 59.6 Å². The van der Waals surface area contributed by atoms with Crippen molar-refractivity contribution in [2.45, 2.75) is 49.3 Å². The number of hydrogen-bond donors (Lipinski definition) is 3. The summed E-state index contributed by atoms with van der Waals surface area (Å²) in [5, 5.41) is 21.7. The van der Waals surface area contributed by atoms with Crippen LogP contribution in [-0.4, -0.2) is 58.6 Å². The van der Waals surface area contributed by atoms with Crippen molar-refractivity contribution < 1.29 is 33.0 Å². The molecule has 3 aromatic rings. The molecule has 3 N–H and O–H groups in total. The Bertz CT molecular complexity index is 1340. The van der Waals surface area contributed by atoms with E-state index < -0.39 is 29.2 Å². The number of ether oxygens (including phenoxy) is 1. The number of alkyl halides is 3. The molecule has 1 unspecified atom stereocenters. The molecule has 0 radical (unpaired) electrons. The van der Waals surface area contributed by atoms with Crippen LogP contribution in [0.3, 0.4) is 0 Å². The van der Waals surface area contributed by atoms with Gasteiger partial charge in [-0.05, 0) is 100.0 Å². The molecule has 0 bridgehead atoms. The highest BCUT2D eigenvalue weighted by Gasteiger charge is 2.41. The highest BCUT2D eigenvalue weighted by atomic mass is 35.5. The van der Waals surface area contributed by atoms with Gasteiger partial charge in [-0.1, -0.05) is 11.6 Å². The molecule has 1 aliphatic rings. The molecule has 41 heavy (non-hydrogen) atoms. The molecular formula is C29H33ClF3N3O4S. The molecule has 0 saturated carbocycles. The molecule has 1 amide bonds. The number of fused-ring (bicyclic) bond motifs is 1. The zero-order chi connectivity index (χ0) is 29.6. The molecule has 1 aliphatic heterocycles. The number of nitrogens with one attached hydrogen (secondary N) is 1. The normalized spacial score (nSPS) is 16.5. The predicted octanol–water partition coefficient (Wildman–Crippen LogP) is 6.50. The van der Waals surface area contributed by atoms with Crippen LogP contribution in [0.25, 0.3) is 10.9 Å². The third kappa shape index (κ3) is 7.64. The SMILES string of the molecule is COc1ccc2ncc(Cl)c(C(O)CCC3(C(=O)NO)CCN(CCCSc4ccc(C(F)(F)F)cc4)CC3)c2c1. The van der Waals surface area contributed by atoms with Crippen LogP contribution in [0, 0.1) is 5.41 Å². The van der Waals surface area contributed by atoms with Crippen LogP contribution < -0.4 is 10.2 Å². The van der Waals surface area contributed by atoms with Crippen LogP contribution in [-0.2, 0) is 11.0 Å². The van der Waals surface area contributed by atoms with Gasteiger partial charge in [-0.2, -0.15) is 13.2 Å². The summed E-state index contributed by atoms with van der Waals surface area (Å²) in [6.07, 6.45) is -1.33. The zero-order valence-electron chi connectivity index (χ0n) is 22.6. The number of amides is 1. The van der Waals surface area contributed by atoms with Gasteiger partial charge in [-0.15, -0.1) is 11.8 Å². The first-order chi connectivity index (χ1) is 19.6. The van der Waals surface area contributed by atoms with Crippen LogP contribution in [0.2, 0.25) is 5.02 Å². The number of thioether (sulfide) groups is 1. The van der Waals surface area contributed by atoms with Crippen molar-refractivity contribution in [3.63, 3.8) is 0 Å². The van der Waals surface area contributed by atoms with Crippen molar-refractivity contribution in [2.75, 3.05) is 32.5 Å². The Hall–Kier alpha value is -2.57. The quantitative estimate of drug-likeness (QED) is 0.0986. The van der Waals surface area contributed by atoms with E-state index in [4.69, 9.17) is 16.3 Å². The number of piperidine rings is 1. The summed E-state index contributed by atoms with van der Waals surface area (Å²) in [6.45, 7) is 2.07. The lowest BCUT2D eigenvalue weighted by Gasteiger charge is -2.40. The van der Waals surface area contributed by atoms with Gasteiger partial charge in [-0.25, -0.2) is 5.48 Å². The highest BCUT2D eigenvalue weighted by Crippen LogP contribution is 2.41. The Morgan fingerprint density at radius 3 is 2.56 bits per heavy atom. The van der Waals surface area contributed by atoms with E-state index >= 15 is 0 Å². The Morgan fingerprint density at radius 1 is 1.22 bits per heavy atom. The first kappa shape index (κ1) is 31.4. The molecule has 0 spiro atoms. The standard InChI is InChI=1S/C29H33ClF3N3O4S/c1-40-20-5-8-24-22(17-20)26(23(30)18-34-24)25(37)9-10-28(27(38)35-39)11-14-36(15-12-28)13-2-16-41-21-6-3-19(4-7-21)29(31,32)33/h3-8,17-18,25,37,39H,2,9-16H2,1H3,(H,35,38). The monoisotopic (exact) mass is 611 g/mol. The van der Waals surface area contributed by atoms with Gasteiger partial charge in [0.15, 0.2) is 0 Å². The van der Waals surface area contributed by atoms with Crippen LogP contribution in [0.1, 0.15) is 49.3 Å². The second kappa shape index (κ2) is 13.6. The molecule has 2 aromatic carbocycles. The maximum absolute atomic E-state index is 12.8. The fraction of sp³-hybridized carbons (Fsp3) is 0.448.